The van der Waals surface area contributed by atoms with Crippen LogP contribution in [0.25, 0.3) is 5.69 Å². The van der Waals surface area contributed by atoms with E-state index in [1.165, 1.54) is 24.3 Å². The molecule has 1 N–H and O–H groups in total. The fraction of sp³-hybridized carbons (Fsp3) is 0.125. The molecule has 0 unspecified atom stereocenters. The van der Waals surface area contributed by atoms with Gasteiger partial charge in [0.2, 0.25) is 0 Å². The zero-order valence-corrected chi connectivity index (χ0v) is 12.4. The monoisotopic (exact) mass is 311 g/mol. The maximum absolute atomic E-state index is 12.9. The van der Waals surface area contributed by atoms with E-state index in [1.807, 2.05) is 31.2 Å². The van der Waals surface area contributed by atoms with Gasteiger partial charge in [0.1, 0.15) is 5.82 Å². The first-order chi connectivity index (χ1) is 11.1. The van der Waals surface area contributed by atoms with Gasteiger partial charge in [-0.25, -0.2) is 4.39 Å². The highest BCUT2D eigenvalue weighted by Crippen LogP contribution is 2.09. The number of aromatic nitrogens is 4. The summed E-state index contributed by atoms with van der Waals surface area (Å²) in [4.78, 5) is 12.0. The van der Waals surface area contributed by atoms with Crippen LogP contribution >= 0.6 is 0 Å². The van der Waals surface area contributed by atoms with Gasteiger partial charge in [0.05, 0.1) is 12.2 Å². The van der Waals surface area contributed by atoms with Crippen molar-refractivity contribution in [1.82, 2.24) is 25.5 Å². The van der Waals surface area contributed by atoms with Gasteiger partial charge in [-0.1, -0.05) is 17.7 Å². The van der Waals surface area contributed by atoms with E-state index in [2.05, 4.69) is 20.8 Å². The van der Waals surface area contributed by atoms with Crippen molar-refractivity contribution in [3.63, 3.8) is 0 Å². The lowest BCUT2D eigenvalue weighted by atomic mass is 10.2. The summed E-state index contributed by atoms with van der Waals surface area (Å²) < 4.78 is 14.4. The van der Waals surface area contributed by atoms with Crippen molar-refractivity contribution >= 4 is 5.91 Å². The van der Waals surface area contributed by atoms with Crippen LogP contribution in [0.5, 0.6) is 0 Å². The maximum atomic E-state index is 12.9. The van der Waals surface area contributed by atoms with E-state index in [9.17, 15) is 9.18 Å². The van der Waals surface area contributed by atoms with Crippen LogP contribution in [0.3, 0.4) is 0 Å². The van der Waals surface area contributed by atoms with Gasteiger partial charge in [0.15, 0.2) is 5.82 Å². The minimum atomic E-state index is -0.384. The van der Waals surface area contributed by atoms with Gasteiger partial charge in [-0.15, -0.1) is 5.10 Å². The topological polar surface area (TPSA) is 72.7 Å². The van der Waals surface area contributed by atoms with E-state index >= 15 is 0 Å². The average Bonchev–Trinajstić information content (AvgIpc) is 3.02. The summed E-state index contributed by atoms with van der Waals surface area (Å²) in [6, 6.07) is 13.0. The number of hydrogen-bond acceptors (Lipinski definition) is 4. The molecule has 0 aliphatic heterocycles. The highest BCUT2D eigenvalue weighted by Gasteiger charge is 2.11. The van der Waals surface area contributed by atoms with Crippen LogP contribution < -0.4 is 5.32 Å². The van der Waals surface area contributed by atoms with E-state index in [0.29, 0.717) is 11.4 Å². The van der Waals surface area contributed by atoms with Crippen molar-refractivity contribution in [2.24, 2.45) is 0 Å². The minimum Gasteiger partial charge on any atom is -0.345 e. The van der Waals surface area contributed by atoms with Crippen LogP contribution in [-0.4, -0.2) is 26.1 Å². The third-order valence-corrected chi connectivity index (χ3v) is 3.33. The molecule has 0 atom stereocenters. The summed E-state index contributed by atoms with van der Waals surface area (Å²) in [6.07, 6.45) is 0. The van der Waals surface area contributed by atoms with E-state index in [0.717, 1.165) is 11.3 Å². The van der Waals surface area contributed by atoms with E-state index in [1.54, 1.807) is 4.68 Å². The fourth-order valence-corrected chi connectivity index (χ4v) is 2.07. The van der Waals surface area contributed by atoms with Crippen LogP contribution in [0.1, 0.15) is 21.7 Å². The molecule has 1 aromatic heterocycles. The SMILES string of the molecule is Cc1ccc(-n2nnnc2CNC(=O)c2ccc(F)cc2)cc1. The molecule has 1 heterocycles. The number of nitrogens with one attached hydrogen (secondary N) is 1. The first-order valence-electron chi connectivity index (χ1n) is 7.01. The van der Waals surface area contributed by atoms with Gasteiger partial charge >= 0.3 is 0 Å². The Bertz CT molecular complexity index is 811. The number of nitrogens with zero attached hydrogens (tertiary/aromatic N) is 4. The Kier molecular flexibility index (Phi) is 4.09. The molecule has 0 radical (unpaired) electrons. The number of hydrogen-bond donors (Lipinski definition) is 1. The van der Waals surface area contributed by atoms with Gasteiger partial charge in [-0.2, -0.15) is 4.68 Å². The molecule has 3 rings (SSSR count). The van der Waals surface area contributed by atoms with Crippen molar-refractivity contribution in [2.45, 2.75) is 13.5 Å². The number of carbonyl (C=O) groups is 1. The Morgan fingerprint density at radius 3 is 2.52 bits per heavy atom. The number of tetrazole rings is 1. The zero-order valence-electron chi connectivity index (χ0n) is 12.4. The Labute approximate surface area is 132 Å². The molecule has 0 fully saturated rings. The molecule has 0 aliphatic carbocycles. The molecule has 0 spiro atoms. The molecule has 0 saturated carbocycles. The molecule has 1 amide bonds. The third-order valence-electron chi connectivity index (χ3n) is 3.33. The third kappa shape index (κ3) is 3.39. The minimum absolute atomic E-state index is 0.164. The number of rotatable bonds is 4. The lowest BCUT2D eigenvalue weighted by Gasteiger charge is -2.07. The van der Waals surface area contributed by atoms with Gasteiger partial charge in [-0.05, 0) is 53.7 Å². The predicted octanol–water partition coefficient (Wildman–Crippen LogP) is 2.04. The Balaban J connectivity index is 1.72. The Morgan fingerprint density at radius 2 is 1.83 bits per heavy atom. The summed E-state index contributed by atoms with van der Waals surface area (Å²) in [7, 11) is 0. The lowest BCUT2D eigenvalue weighted by molar-refractivity contribution is 0.0949. The molecule has 0 aliphatic rings. The zero-order chi connectivity index (χ0) is 16.2. The van der Waals surface area contributed by atoms with Gasteiger partial charge in [-0.3, -0.25) is 4.79 Å². The van der Waals surface area contributed by atoms with Crippen LogP contribution in [0.15, 0.2) is 48.5 Å². The summed E-state index contributed by atoms with van der Waals surface area (Å²) in [5.74, 6) is -0.197. The first kappa shape index (κ1) is 14.8. The van der Waals surface area contributed by atoms with Crippen molar-refractivity contribution < 1.29 is 9.18 Å². The number of halogens is 1. The van der Waals surface area contributed by atoms with Crippen molar-refractivity contribution in [2.75, 3.05) is 0 Å². The molecule has 0 saturated heterocycles. The van der Waals surface area contributed by atoms with Gasteiger partial charge in [0, 0.05) is 5.56 Å². The number of aryl methyl sites for hydroxylation is 1. The standard InChI is InChI=1S/C16H14FN5O/c1-11-2-8-14(9-3-11)22-15(19-20-21-22)10-18-16(23)12-4-6-13(17)7-5-12/h2-9H,10H2,1H3,(H,18,23). The molecule has 7 heteroatoms. The van der Waals surface area contributed by atoms with Crippen molar-refractivity contribution in [1.29, 1.82) is 0 Å². The smallest absolute Gasteiger partial charge is 0.251 e. The van der Waals surface area contributed by atoms with E-state index in [-0.39, 0.29) is 18.3 Å². The molecule has 0 bridgehead atoms. The normalized spacial score (nSPS) is 10.5. The number of carbonyl (C=O) groups excluding carboxylic acids is 1. The van der Waals surface area contributed by atoms with Gasteiger partial charge in [0.25, 0.3) is 5.91 Å². The molecule has 6 nitrogen and oxygen atoms in total. The number of amides is 1. The van der Waals surface area contributed by atoms with E-state index < -0.39 is 0 Å². The van der Waals surface area contributed by atoms with Crippen molar-refractivity contribution in [3.05, 3.63) is 71.3 Å². The average molecular weight is 311 g/mol. The molecule has 3 aromatic rings. The highest BCUT2D eigenvalue weighted by molar-refractivity contribution is 5.94. The maximum Gasteiger partial charge on any atom is 0.251 e. The highest BCUT2D eigenvalue weighted by atomic mass is 19.1. The Hall–Kier alpha value is -3.09. The van der Waals surface area contributed by atoms with Crippen LogP contribution in [0.2, 0.25) is 0 Å². The second-order valence-electron chi connectivity index (χ2n) is 5.03. The fourth-order valence-electron chi connectivity index (χ4n) is 2.07. The summed E-state index contributed by atoms with van der Waals surface area (Å²) >= 11 is 0. The predicted molar refractivity (Wildman–Crippen MR) is 81.5 cm³/mol. The second-order valence-corrected chi connectivity index (χ2v) is 5.03. The van der Waals surface area contributed by atoms with Crippen LogP contribution in [-0.2, 0) is 6.54 Å². The lowest BCUT2D eigenvalue weighted by Crippen LogP contribution is -2.24. The number of benzene rings is 2. The van der Waals surface area contributed by atoms with Crippen LogP contribution in [0, 0.1) is 12.7 Å². The first-order valence-corrected chi connectivity index (χ1v) is 7.01. The van der Waals surface area contributed by atoms with Crippen LogP contribution in [0.4, 0.5) is 4.39 Å². The molecule has 116 valence electrons. The van der Waals surface area contributed by atoms with E-state index in [4.69, 9.17) is 0 Å². The molecular formula is C16H14FN5O. The molecular weight excluding hydrogens is 297 g/mol. The Morgan fingerprint density at radius 1 is 1.13 bits per heavy atom. The summed E-state index contributed by atoms with van der Waals surface area (Å²) in [6.45, 7) is 2.16. The quantitative estimate of drug-likeness (QED) is 0.800. The van der Waals surface area contributed by atoms with Crippen molar-refractivity contribution in [3.8, 4) is 5.69 Å². The van der Waals surface area contributed by atoms with Gasteiger partial charge < -0.3 is 5.32 Å². The second kappa shape index (κ2) is 6.35. The summed E-state index contributed by atoms with van der Waals surface area (Å²) in [5.41, 5.74) is 2.32. The summed E-state index contributed by atoms with van der Waals surface area (Å²) in [5, 5.41) is 14.2. The molecule has 23 heavy (non-hydrogen) atoms. The largest absolute Gasteiger partial charge is 0.345 e. The molecule has 2 aromatic carbocycles.